The van der Waals surface area contributed by atoms with E-state index < -0.39 is 12.0 Å². The van der Waals surface area contributed by atoms with Crippen molar-refractivity contribution in [1.29, 1.82) is 0 Å². The van der Waals surface area contributed by atoms with Crippen molar-refractivity contribution in [3.63, 3.8) is 0 Å². The summed E-state index contributed by atoms with van der Waals surface area (Å²) in [5, 5.41) is 6.00. The van der Waals surface area contributed by atoms with E-state index in [4.69, 9.17) is 21.1 Å². The number of halogens is 1. The number of hydrogen-bond acceptors (Lipinski definition) is 4. The monoisotopic (exact) mass is 386 g/mol. The van der Waals surface area contributed by atoms with Crippen molar-refractivity contribution in [3.8, 4) is 5.75 Å². The third-order valence-corrected chi connectivity index (χ3v) is 4.42. The lowest BCUT2D eigenvalue weighted by Crippen LogP contribution is -2.45. The normalized spacial score (nSPS) is 16.4. The number of carbonyl (C=O) groups is 2. The lowest BCUT2D eigenvalue weighted by Gasteiger charge is -2.27. The summed E-state index contributed by atoms with van der Waals surface area (Å²) < 4.78 is 10.6. The number of carbonyl (C=O) groups excluding carboxylic acids is 2. The van der Waals surface area contributed by atoms with Gasteiger partial charge in [0.25, 0.3) is 0 Å². The number of amides is 2. The van der Waals surface area contributed by atoms with E-state index in [1.54, 1.807) is 31.2 Å². The van der Waals surface area contributed by atoms with Crippen LogP contribution in [0.5, 0.6) is 5.75 Å². The highest BCUT2D eigenvalue weighted by Crippen LogP contribution is 2.29. The number of ether oxygens (including phenoxy) is 2. The molecule has 0 bridgehead atoms. The number of benzene rings is 2. The number of rotatable bonds is 5. The fraction of sp³-hybridized carbons (Fsp3) is 0.200. The van der Waals surface area contributed by atoms with E-state index in [1.807, 2.05) is 24.3 Å². The summed E-state index contributed by atoms with van der Waals surface area (Å²) in [6.45, 7) is 2.05. The zero-order chi connectivity index (χ0) is 19.4. The molecule has 6 nitrogen and oxygen atoms in total. The van der Waals surface area contributed by atoms with E-state index in [1.165, 1.54) is 7.11 Å². The summed E-state index contributed by atoms with van der Waals surface area (Å²) in [4.78, 5) is 23.9. The lowest BCUT2D eigenvalue weighted by molar-refractivity contribution is -0.136. The molecule has 2 aromatic rings. The molecule has 0 spiro atoms. The summed E-state index contributed by atoms with van der Waals surface area (Å²) in [6.07, 6.45) is 0. The molecule has 0 radical (unpaired) electrons. The molecule has 1 unspecified atom stereocenters. The van der Waals surface area contributed by atoms with Crippen LogP contribution in [0.3, 0.4) is 0 Å². The lowest BCUT2D eigenvalue weighted by atomic mass is 9.95. The van der Waals surface area contributed by atoms with Crippen LogP contribution in [0.4, 0.5) is 4.79 Å². The Labute approximate surface area is 162 Å². The van der Waals surface area contributed by atoms with Crippen LogP contribution >= 0.6 is 11.6 Å². The van der Waals surface area contributed by atoms with Gasteiger partial charge in [0.2, 0.25) is 0 Å². The Kier molecular flexibility index (Phi) is 5.66. The molecule has 2 N–H and O–H groups in total. The Morgan fingerprint density at radius 3 is 2.59 bits per heavy atom. The van der Waals surface area contributed by atoms with Gasteiger partial charge in [0.1, 0.15) is 12.4 Å². The molecule has 0 fully saturated rings. The molecule has 7 heteroatoms. The smallest absolute Gasteiger partial charge is 0.337 e. The first-order valence-corrected chi connectivity index (χ1v) is 8.69. The molecular weight excluding hydrogens is 368 g/mol. The molecule has 0 saturated heterocycles. The van der Waals surface area contributed by atoms with Gasteiger partial charge in [-0.05, 0) is 42.3 Å². The maximum Gasteiger partial charge on any atom is 0.337 e. The molecule has 0 saturated carbocycles. The van der Waals surface area contributed by atoms with Crippen LogP contribution in [0.2, 0.25) is 5.02 Å². The van der Waals surface area contributed by atoms with Gasteiger partial charge in [-0.2, -0.15) is 0 Å². The van der Waals surface area contributed by atoms with E-state index in [0.717, 1.165) is 11.1 Å². The third kappa shape index (κ3) is 4.41. The van der Waals surface area contributed by atoms with Gasteiger partial charge in [-0.25, -0.2) is 9.59 Å². The molecule has 3 rings (SSSR count). The first-order valence-electron chi connectivity index (χ1n) is 8.31. The van der Waals surface area contributed by atoms with Crippen LogP contribution in [0.15, 0.2) is 59.8 Å². The van der Waals surface area contributed by atoms with Gasteiger partial charge < -0.3 is 20.1 Å². The maximum atomic E-state index is 12.1. The van der Waals surface area contributed by atoms with E-state index in [9.17, 15) is 9.59 Å². The molecule has 1 aliphatic rings. The SMILES string of the molecule is COC(=O)C1=C(C)NC(=O)NC1c1ccc(OCc2cccc(Cl)c2)cc1. The van der Waals surface area contributed by atoms with Crippen LogP contribution in [0.1, 0.15) is 24.1 Å². The Morgan fingerprint density at radius 1 is 1.19 bits per heavy atom. The second-order valence-electron chi connectivity index (χ2n) is 6.05. The van der Waals surface area contributed by atoms with Crippen LogP contribution < -0.4 is 15.4 Å². The highest BCUT2D eigenvalue weighted by atomic mass is 35.5. The Hall–Kier alpha value is -2.99. The minimum absolute atomic E-state index is 0.365. The summed E-state index contributed by atoms with van der Waals surface area (Å²) in [7, 11) is 1.31. The molecular formula is C20H19ClN2O4. The largest absolute Gasteiger partial charge is 0.489 e. The number of methoxy groups -OCH3 is 1. The molecule has 27 heavy (non-hydrogen) atoms. The first-order chi connectivity index (χ1) is 13.0. The van der Waals surface area contributed by atoms with E-state index in [2.05, 4.69) is 10.6 Å². The highest BCUT2D eigenvalue weighted by Gasteiger charge is 2.31. The van der Waals surface area contributed by atoms with Gasteiger partial charge in [0.05, 0.1) is 18.7 Å². The van der Waals surface area contributed by atoms with Crippen molar-refractivity contribution < 1.29 is 19.1 Å². The van der Waals surface area contributed by atoms with Gasteiger partial charge in [-0.15, -0.1) is 0 Å². The second-order valence-corrected chi connectivity index (χ2v) is 6.49. The average molecular weight is 387 g/mol. The molecule has 0 aliphatic carbocycles. The van der Waals surface area contributed by atoms with Crippen molar-refractivity contribution in [3.05, 3.63) is 76.0 Å². The predicted molar refractivity (Wildman–Crippen MR) is 101 cm³/mol. The summed E-state index contributed by atoms with van der Waals surface area (Å²) in [5.74, 6) is 0.172. The summed E-state index contributed by atoms with van der Waals surface area (Å²) >= 11 is 5.97. The van der Waals surface area contributed by atoms with Gasteiger partial charge in [-0.1, -0.05) is 35.9 Å². The molecule has 0 aromatic heterocycles. The number of allylic oxidation sites excluding steroid dienone is 1. The molecule has 1 heterocycles. The molecule has 140 valence electrons. The quantitative estimate of drug-likeness (QED) is 0.768. The number of nitrogens with one attached hydrogen (secondary N) is 2. The maximum absolute atomic E-state index is 12.1. The Bertz CT molecular complexity index is 893. The van der Waals surface area contributed by atoms with Crippen molar-refractivity contribution in [2.45, 2.75) is 19.6 Å². The van der Waals surface area contributed by atoms with Crippen LogP contribution in [0.25, 0.3) is 0 Å². The van der Waals surface area contributed by atoms with Gasteiger partial charge in [0, 0.05) is 10.7 Å². The van der Waals surface area contributed by atoms with Gasteiger partial charge in [-0.3, -0.25) is 0 Å². The predicted octanol–water partition coefficient (Wildman–Crippen LogP) is 3.72. The number of hydrogen-bond donors (Lipinski definition) is 2. The fourth-order valence-corrected chi connectivity index (χ4v) is 3.09. The molecule has 1 atom stereocenters. The zero-order valence-corrected chi connectivity index (χ0v) is 15.7. The van der Waals surface area contributed by atoms with Gasteiger partial charge >= 0.3 is 12.0 Å². The standard InChI is InChI=1S/C20H19ClN2O4/c1-12-17(19(24)26-2)18(23-20(25)22-12)14-6-8-16(9-7-14)27-11-13-4-3-5-15(21)10-13/h3-10,18H,11H2,1-2H3,(H2,22,23,25). The van der Waals surface area contributed by atoms with E-state index >= 15 is 0 Å². The van der Waals surface area contributed by atoms with E-state index in [-0.39, 0.29) is 6.03 Å². The summed E-state index contributed by atoms with van der Waals surface area (Å²) in [6, 6.07) is 13.7. The average Bonchev–Trinajstić information content (AvgIpc) is 2.66. The number of urea groups is 1. The van der Waals surface area contributed by atoms with Crippen molar-refractivity contribution in [2.24, 2.45) is 0 Å². The fourth-order valence-electron chi connectivity index (χ4n) is 2.87. The first kappa shape index (κ1) is 18.8. The minimum Gasteiger partial charge on any atom is -0.489 e. The topological polar surface area (TPSA) is 76.7 Å². The molecule has 2 amide bonds. The van der Waals surface area contributed by atoms with Crippen LogP contribution in [0, 0.1) is 0 Å². The van der Waals surface area contributed by atoms with Crippen molar-refractivity contribution >= 4 is 23.6 Å². The summed E-state index contributed by atoms with van der Waals surface area (Å²) in [5.41, 5.74) is 2.55. The second kappa shape index (κ2) is 8.14. The minimum atomic E-state index is -0.590. The van der Waals surface area contributed by atoms with Crippen molar-refractivity contribution in [2.75, 3.05) is 7.11 Å². The van der Waals surface area contributed by atoms with Crippen LogP contribution in [-0.2, 0) is 16.1 Å². The van der Waals surface area contributed by atoms with Crippen LogP contribution in [-0.4, -0.2) is 19.1 Å². The molecule has 2 aromatic carbocycles. The van der Waals surface area contributed by atoms with Gasteiger partial charge in [0.15, 0.2) is 0 Å². The Morgan fingerprint density at radius 2 is 1.93 bits per heavy atom. The zero-order valence-electron chi connectivity index (χ0n) is 14.9. The Balaban J connectivity index is 1.76. The highest BCUT2D eigenvalue weighted by molar-refractivity contribution is 6.30. The third-order valence-electron chi connectivity index (χ3n) is 4.18. The van der Waals surface area contributed by atoms with E-state index in [0.29, 0.717) is 28.6 Å². The molecule has 1 aliphatic heterocycles. The number of esters is 1. The van der Waals surface area contributed by atoms with Crippen molar-refractivity contribution in [1.82, 2.24) is 10.6 Å².